The van der Waals surface area contributed by atoms with E-state index in [1.165, 1.54) is 0 Å². The standard InChI is InChI=1S/C24H21Cl2F2N3O3S/c1-2-34-18-9-6-15(7-10-18)23-13-17(30-31(23)22-11-8-16(25)12-19(22)26)14-29-35(32,33)24-20(27)4-3-5-21(24)28/h3-12,23,29H,2,13-14H2,1H3. The van der Waals surface area contributed by atoms with Crippen LogP contribution in [0.5, 0.6) is 5.75 Å². The van der Waals surface area contributed by atoms with Gasteiger partial charge in [-0.3, -0.25) is 5.01 Å². The van der Waals surface area contributed by atoms with Crippen LogP contribution in [0.4, 0.5) is 14.5 Å². The Bertz CT molecular complexity index is 1350. The fourth-order valence-electron chi connectivity index (χ4n) is 3.77. The van der Waals surface area contributed by atoms with Crippen LogP contribution in [0.1, 0.15) is 24.9 Å². The Kier molecular flexibility index (Phi) is 7.61. The molecule has 11 heteroatoms. The maximum absolute atomic E-state index is 14.0. The smallest absolute Gasteiger partial charge is 0.246 e. The third-order valence-corrected chi connectivity index (χ3v) is 7.35. The lowest BCUT2D eigenvalue weighted by Crippen LogP contribution is -2.30. The van der Waals surface area contributed by atoms with E-state index in [1.807, 2.05) is 31.2 Å². The highest BCUT2D eigenvalue weighted by Gasteiger charge is 2.32. The maximum Gasteiger partial charge on any atom is 0.246 e. The Morgan fingerprint density at radius 3 is 2.40 bits per heavy atom. The third-order valence-electron chi connectivity index (χ3n) is 5.36. The number of hydrazone groups is 1. The lowest BCUT2D eigenvalue weighted by Gasteiger charge is -2.25. The van der Waals surface area contributed by atoms with Crippen LogP contribution in [0.3, 0.4) is 0 Å². The van der Waals surface area contributed by atoms with Crippen LogP contribution in [-0.2, 0) is 10.0 Å². The van der Waals surface area contributed by atoms with E-state index >= 15 is 0 Å². The van der Waals surface area contributed by atoms with E-state index < -0.39 is 26.6 Å². The Morgan fingerprint density at radius 2 is 1.77 bits per heavy atom. The molecule has 0 bridgehead atoms. The van der Waals surface area contributed by atoms with Crippen molar-refractivity contribution in [2.75, 3.05) is 18.2 Å². The first kappa shape index (κ1) is 25.4. The summed E-state index contributed by atoms with van der Waals surface area (Å²) in [6.07, 6.45) is 0.342. The zero-order chi connectivity index (χ0) is 25.2. The van der Waals surface area contributed by atoms with Gasteiger partial charge in [0.2, 0.25) is 10.0 Å². The number of hydrogen-bond acceptors (Lipinski definition) is 5. The first-order chi connectivity index (χ1) is 16.7. The number of hydrogen-bond donors (Lipinski definition) is 1. The van der Waals surface area contributed by atoms with Crippen molar-refractivity contribution in [3.63, 3.8) is 0 Å². The molecule has 35 heavy (non-hydrogen) atoms. The molecule has 6 nitrogen and oxygen atoms in total. The quantitative estimate of drug-likeness (QED) is 0.383. The summed E-state index contributed by atoms with van der Waals surface area (Å²) in [4.78, 5) is -1.03. The Labute approximate surface area is 212 Å². The van der Waals surface area contributed by atoms with Crippen molar-refractivity contribution in [3.8, 4) is 5.75 Å². The van der Waals surface area contributed by atoms with E-state index in [1.54, 1.807) is 23.2 Å². The summed E-state index contributed by atoms with van der Waals surface area (Å²) >= 11 is 12.5. The summed E-state index contributed by atoms with van der Waals surface area (Å²) in [6, 6.07) is 15.0. The molecule has 3 aromatic rings. The minimum absolute atomic E-state index is 0.245. The second-order valence-corrected chi connectivity index (χ2v) is 10.3. The summed E-state index contributed by atoms with van der Waals surface area (Å²) in [7, 11) is -4.46. The van der Waals surface area contributed by atoms with Gasteiger partial charge in [0.15, 0.2) is 4.90 Å². The number of halogens is 4. The van der Waals surface area contributed by atoms with E-state index in [-0.39, 0.29) is 12.6 Å². The maximum atomic E-state index is 14.0. The molecule has 1 N–H and O–H groups in total. The molecule has 0 amide bonds. The number of nitrogens with one attached hydrogen (secondary N) is 1. The van der Waals surface area contributed by atoms with Gasteiger partial charge < -0.3 is 4.74 Å². The summed E-state index contributed by atoms with van der Waals surface area (Å²) in [5.41, 5.74) is 1.92. The average Bonchev–Trinajstić information content (AvgIpc) is 3.22. The van der Waals surface area contributed by atoms with Gasteiger partial charge in [-0.25, -0.2) is 21.9 Å². The SMILES string of the molecule is CCOc1ccc(C2CC(CNS(=O)(=O)c3c(F)cccc3F)=NN2c2ccc(Cl)cc2Cl)cc1. The highest BCUT2D eigenvalue weighted by Crippen LogP contribution is 2.40. The third kappa shape index (κ3) is 5.59. The lowest BCUT2D eigenvalue weighted by molar-refractivity contribution is 0.340. The summed E-state index contributed by atoms with van der Waals surface area (Å²) in [5.74, 6) is -1.63. The molecule has 0 saturated carbocycles. The summed E-state index contributed by atoms with van der Waals surface area (Å²) in [6.45, 7) is 2.18. The summed E-state index contributed by atoms with van der Waals surface area (Å²) < 4.78 is 61.1. The number of rotatable bonds is 8. The van der Waals surface area contributed by atoms with Crippen LogP contribution in [0.25, 0.3) is 0 Å². The van der Waals surface area contributed by atoms with E-state index in [0.717, 1.165) is 23.8 Å². The van der Waals surface area contributed by atoms with E-state index in [9.17, 15) is 17.2 Å². The zero-order valence-electron chi connectivity index (χ0n) is 18.5. The predicted octanol–water partition coefficient (Wildman–Crippen LogP) is 5.96. The second-order valence-electron chi connectivity index (χ2n) is 7.70. The van der Waals surface area contributed by atoms with E-state index in [0.29, 0.717) is 40.2 Å². The molecular weight excluding hydrogens is 519 g/mol. The van der Waals surface area contributed by atoms with Gasteiger partial charge in [-0.1, -0.05) is 41.4 Å². The van der Waals surface area contributed by atoms with Crippen molar-refractivity contribution >= 4 is 44.6 Å². The van der Waals surface area contributed by atoms with Crippen LogP contribution in [-0.4, -0.2) is 27.3 Å². The molecule has 1 heterocycles. The monoisotopic (exact) mass is 539 g/mol. The Balaban J connectivity index is 1.62. The molecule has 4 rings (SSSR count). The molecule has 0 radical (unpaired) electrons. The van der Waals surface area contributed by atoms with Gasteiger partial charge in [-0.05, 0) is 55.0 Å². The van der Waals surface area contributed by atoms with Crippen LogP contribution >= 0.6 is 23.2 Å². The first-order valence-corrected chi connectivity index (χ1v) is 12.9. The van der Waals surface area contributed by atoms with Gasteiger partial charge in [0.25, 0.3) is 0 Å². The van der Waals surface area contributed by atoms with Crippen molar-refractivity contribution in [2.24, 2.45) is 5.10 Å². The van der Waals surface area contributed by atoms with Gasteiger partial charge in [0.05, 0.1) is 35.6 Å². The van der Waals surface area contributed by atoms with Crippen LogP contribution in [0, 0.1) is 11.6 Å². The van der Waals surface area contributed by atoms with Gasteiger partial charge in [-0.2, -0.15) is 5.10 Å². The molecule has 1 aliphatic rings. The van der Waals surface area contributed by atoms with Gasteiger partial charge in [0, 0.05) is 11.4 Å². The van der Waals surface area contributed by atoms with Crippen molar-refractivity contribution < 1.29 is 21.9 Å². The van der Waals surface area contributed by atoms with Gasteiger partial charge >= 0.3 is 0 Å². The van der Waals surface area contributed by atoms with Crippen LogP contribution in [0.15, 0.2) is 70.7 Å². The lowest BCUT2D eigenvalue weighted by atomic mass is 10.0. The number of benzene rings is 3. The fourth-order valence-corrected chi connectivity index (χ4v) is 5.42. The van der Waals surface area contributed by atoms with E-state index in [4.69, 9.17) is 27.9 Å². The number of nitrogens with zero attached hydrogens (tertiary/aromatic N) is 2. The minimum Gasteiger partial charge on any atom is -0.494 e. The molecular formula is C24H21Cl2F2N3O3S. The Hall–Kier alpha value is -2.72. The molecule has 0 saturated heterocycles. The topological polar surface area (TPSA) is 71.0 Å². The second kappa shape index (κ2) is 10.5. The molecule has 1 unspecified atom stereocenters. The molecule has 0 spiro atoms. The average molecular weight is 540 g/mol. The van der Waals surface area contributed by atoms with Gasteiger partial charge in [0.1, 0.15) is 17.4 Å². The van der Waals surface area contributed by atoms with Crippen LogP contribution < -0.4 is 14.5 Å². The Morgan fingerprint density at radius 1 is 1.09 bits per heavy atom. The molecule has 1 aliphatic heterocycles. The molecule has 3 aromatic carbocycles. The van der Waals surface area contributed by atoms with Gasteiger partial charge in [-0.15, -0.1) is 0 Å². The van der Waals surface area contributed by atoms with E-state index in [2.05, 4.69) is 9.82 Å². The highest BCUT2D eigenvalue weighted by atomic mass is 35.5. The number of ether oxygens (including phenoxy) is 1. The minimum atomic E-state index is -4.46. The van der Waals surface area contributed by atoms with Crippen molar-refractivity contribution in [3.05, 3.63) is 87.9 Å². The number of sulfonamides is 1. The highest BCUT2D eigenvalue weighted by molar-refractivity contribution is 7.89. The largest absolute Gasteiger partial charge is 0.494 e. The summed E-state index contributed by atoms with van der Waals surface area (Å²) in [5, 5.41) is 7.09. The molecule has 0 aromatic heterocycles. The van der Waals surface area contributed by atoms with Crippen LogP contribution in [0.2, 0.25) is 10.0 Å². The fraction of sp³-hybridized carbons (Fsp3) is 0.208. The van der Waals surface area contributed by atoms with Crippen molar-refractivity contribution in [1.82, 2.24) is 4.72 Å². The number of anilines is 1. The van der Waals surface area contributed by atoms with Crippen molar-refractivity contribution in [2.45, 2.75) is 24.3 Å². The zero-order valence-corrected chi connectivity index (χ0v) is 20.8. The molecule has 1 atom stereocenters. The first-order valence-electron chi connectivity index (χ1n) is 10.7. The predicted molar refractivity (Wildman–Crippen MR) is 133 cm³/mol. The normalized spacial score (nSPS) is 15.9. The molecule has 184 valence electrons. The van der Waals surface area contributed by atoms with Crippen molar-refractivity contribution in [1.29, 1.82) is 0 Å². The molecule has 0 fully saturated rings. The molecule has 0 aliphatic carbocycles.